The number of aryl methyl sites for hydroxylation is 1. The zero-order valence-electron chi connectivity index (χ0n) is 24.4. The Morgan fingerprint density at radius 3 is 2.39 bits per heavy atom. The molecular formula is C28H45N3O6Si. The van der Waals surface area contributed by atoms with Crippen LogP contribution in [0, 0.1) is 0 Å². The van der Waals surface area contributed by atoms with Gasteiger partial charge in [-0.05, 0) is 76.0 Å². The number of aromatic nitrogens is 2. The predicted octanol–water partition coefficient (Wildman–Crippen LogP) is 5.43. The van der Waals surface area contributed by atoms with Crippen molar-refractivity contribution in [3.63, 3.8) is 0 Å². The molecule has 0 aliphatic carbocycles. The number of hydrogen-bond acceptors (Lipinski definition) is 8. The molecule has 2 aromatic rings. The van der Waals surface area contributed by atoms with Crippen LogP contribution in [0.25, 0.3) is 11.0 Å². The first-order valence-corrected chi connectivity index (χ1v) is 16.1. The Bertz CT molecular complexity index is 1060. The third-order valence-electron chi connectivity index (χ3n) is 6.54. The molecule has 0 saturated carbocycles. The maximum atomic E-state index is 12.2. The number of ether oxygens (including phenoxy) is 3. The second-order valence-corrected chi connectivity index (χ2v) is 16.7. The van der Waals surface area contributed by atoms with Gasteiger partial charge in [-0.15, -0.1) is 0 Å². The second kappa shape index (κ2) is 13.5. The topological polar surface area (TPSA) is 109 Å². The van der Waals surface area contributed by atoms with E-state index in [2.05, 4.69) is 44.2 Å². The molecule has 1 unspecified atom stereocenters. The van der Waals surface area contributed by atoms with Crippen LogP contribution in [0.5, 0.6) is 0 Å². The Hall–Kier alpha value is -2.56. The number of carbonyl (C=O) groups excluding carboxylic acids is 2. The third kappa shape index (κ3) is 10.3. The summed E-state index contributed by atoms with van der Waals surface area (Å²) in [7, 11) is -0.777. The first-order chi connectivity index (χ1) is 17.6. The quantitative estimate of drug-likeness (QED) is 0.213. The van der Waals surface area contributed by atoms with E-state index in [1.165, 1.54) is 7.11 Å². The van der Waals surface area contributed by atoms with Crippen molar-refractivity contribution in [2.45, 2.75) is 96.7 Å². The lowest BCUT2D eigenvalue weighted by Crippen LogP contribution is -2.46. The van der Waals surface area contributed by atoms with E-state index in [1.54, 1.807) is 27.0 Å². The number of methoxy groups -OCH3 is 1. The fraction of sp³-hybridized carbons (Fsp3) is 0.643. The summed E-state index contributed by atoms with van der Waals surface area (Å²) in [5.74, 6) is -0.551. The van der Waals surface area contributed by atoms with E-state index in [4.69, 9.17) is 23.6 Å². The van der Waals surface area contributed by atoms with Gasteiger partial charge in [0.05, 0.1) is 19.8 Å². The molecule has 2 atom stereocenters. The van der Waals surface area contributed by atoms with Gasteiger partial charge in [-0.3, -0.25) is 0 Å². The molecule has 1 N–H and O–H groups in total. The minimum atomic E-state index is -2.06. The van der Waals surface area contributed by atoms with Crippen LogP contribution in [0.15, 0.2) is 30.5 Å². The lowest BCUT2D eigenvalue weighted by atomic mass is 10.1. The molecular weight excluding hydrogens is 502 g/mol. The van der Waals surface area contributed by atoms with Crippen LogP contribution in [0.2, 0.25) is 18.1 Å². The molecule has 0 spiro atoms. The van der Waals surface area contributed by atoms with Gasteiger partial charge in [-0.25, -0.2) is 19.6 Å². The number of hydrogen-bond donors (Lipinski definition) is 1. The number of amides is 1. The van der Waals surface area contributed by atoms with E-state index in [0.29, 0.717) is 6.61 Å². The number of nitrogens with zero attached hydrogens (tertiary/aromatic N) is 2. The fourth-order valence-electron chi connectivity index (χ4n) is 3.47. The molecule has 9 nitrogen and oxygen atoms in total. The Kier molecular flexibility index (Phi) is 11.2. The summed E-state index contributed by atoms with van der Waals surface area (Å²) in [4.78, 5) is 33.4. The number of nitrogens with one attached hydrogen (secondary N) is 1. The summed E-state index contributed by atoms with van der Waals surface area (Å²) < 4.78 is 22.8. The van der Waals surface area contributed by atoms with Crippen molar-refractivity contribution >= 4 is 31.4 Å². The number of pyridine rings is 2. The minimum Gasteiger partial charge on any atom is -0.467 e. The monoisotopic (exact) mass is 547 g/mol. The highest BCUT2D eigenvalue weighted by molar-refractivity contribution is 6.74. The molecule has 0 radical (unpaired) electrons. The fourth-order valence-corrected chi connectivity index (χ4v) is 4.84. The zero-order chi connectivity index (χ0) is 28.6. The molecule has 10 heteroatoms. The Balaban J connectivity index is 2.01. The van der Waals surface area contributed by atoms with Gasteiger partial charge in [0.1, 0.15) is 11.6 Å². The molecule has 0 fully saturated rings. The van der Waals surface area contributed by atoms with E-state index < -0.39 is 32.0 Å². The van der Waals surface area contributed by atoms with Crippen molar-refractivity contribution in [3.05, 3.63) is 36.2 Å². The smallest absolute Gasteiger partial charge is 0.408 e. The van der Waals surface area contributed by atoms with Crippen LogP contribution in [-0.4, -0.2) is 68.4 Å². The summed E-state index contributed by atoms with van der Waals surface area (Å²) in [5, 5.41) is 3.63. The molecule has 0 bridgehead atoms. The number of fused-ring (bicyclic) bond motifs is 1. The maximum absolute atomic E-state index is 12.2. The maximum Gasteiger partial charge on any atom is 0.408 e. The average Bonchev–Trinajstić information content (AvgIpc) is 2.81. The number of carbonyl (C=O) groups is 2. The lowest BCUT2D eigenvalue weighted by molar-refractivity contribution is -0.143. The molecule has 212 valence electrons. The summed E-state index contributed by atoms with van der Waals surface area (Å²) in [6.07, 6.45) is 2.62. The highest BCUT2D eigenvalue weighted by atomic mass is 28.4. The normalized spacial score (nSPS) is 14.1. The van der Waals surface area contributed by atoms with E-state index in [0.717, 1.165) is 29.6 Å². The molecule has 1 amide bonds. The van der Waals surface area contributed by atoms with Gasteiger partial charge in [0.2, 0.25) is 0 Å². The van der Waals surface area contributed by atoms with Gasteiger partial charge < -0.3 is 24.0 Å². The van der Waals surface area contributed by atoms with Gasteiger partial charge in [0, 0.05) is 30.3 Å². The Morgan fingerprint density at radius 2 is 1.76 bits per heavy atom. The van der Waals surface area contributed by atoms with Crippen molar-refractivity contribution in [3.8, 4) is 0 Å². The van der Waals surface area contributed by atoms with Crippen LogP contribution in [0.3, 0.4) is 0 Å². The first-order valence-electron chi connectivity index (χ1n) is 13.1. The van der Waals surface area contributed by atoms with Gasteiger partial charge in [0.25, 0.3) is 0 Å². The number of esters is 1. The molecule has 2 aromatic heterocycles. The summed E-state index contributed by atoms with van der Waals surface area (Å²) in [5.41, 5.74) is 1.01. The van der Waals surface area contributed by atoms with Crippen molar-refractivity contribution in [2.75, 3.05) is 20.3 Å². The van der Waals surface area contributed by atoms with Crippen LogP contribution in [0.1, 0.15) is 60.1 Å². The van der Waals surface area contributed by atoms with Gasteiger partial charge in [-0.1, -0.05) is 20.8 Å². The van der Waals surface area contributed by atoms with E-state index >= 15 is 0 Å². The van der Waals surface area contributed by atoms with E-state index in [9.17, 15) is 9.59 Å². The van der Waals surface area contributed by atoms with Crippen LogP contribution in [0.4, 0.5) is 4.79 Å². The highest BCUT2D eigenvalue weighted by Crippen LogP contribution is 2.37. The van der Waals surface area contributed by atoms with Crippen molar-refractivity contribution in [2.24, 2.45) is 0 Å². The van der Waals surface area contributed by atoms with E-state index in [1.807, 2.05) is 24.3 Å². The highest BCUT2D eigenvalue weighted by Gasteiger charge is 2.39. The van der Waals surface area contributed by atoms with Crippen molar-refractivity contribution in [1.82, 2.24) is 15.3 Å². The molecule has 38 heavy (non-hydrogen) atoms. The van der Waals surface area contributed by atoms with Gasteiger partial charge in [0.15, 0.2) is 14.0 Å². The van der Waals surface area contributed by atoms with Crippen molar-refractivity contribution in [1.29, 1.82) is 0 Å². The average molecular weight is 548 g/mol. The van der Waals surface area contributed by atoms with Crippen LogP contribution >= 0.6 is 0 Å². The largest absolute Gasteiger partial charge is 0.467 e. The van der Waals surface area contributed by atoms with Gasteiger partial charge in [-0.2, -0.15) is 0 Å². The van der Waals surface area contributed by atoms with Crippen LogP contribution in [-0.2, 0) is 29.9 Å². The van der Waals surface area contributed by atoms with Gasteiger partial charge >= 0.3 is 12.1 Å². The third-order valence-corrected chi connectivity index (χ3v) is 11.1. The number of alkyl carbamates (subject to hydrolysis) is 1. The molecule has 0 aliphatic heterocycles. The molecule has 2 heterocycles. The molecule has 2 rings (SSSR count). The minimum absolute atomic E-state index is 0.0453. The Labute approximate surface area is 228 Å². The lowest BCUT2D eigenvalue weighted by Gasteiger charge is -2.39. The van der Waals surface area contributed by atoms with Crippen LogP contribution < -0.4 is 5.32 Å². The molecule has 0 saturated heterocycles. The Morgan fingerprint density at radius 1 is 1.05 bits per heavy atom. The molecule has 0 aromatic carbocycles. The molecule has 0 aliphatic rings. The summed E-state index contributed by atoms with van der Waals surface area (Å²) >= 11 is 0. The standard InChI is InChI=1S/C28H45N3O6Si/c1-27(2,3)36-26(33)31-23(25(32)34-7)16-18-35-19-22(37-38(8,9)28(4,5)6)15-14-21-13-12-20-11-10-17-29-24(20)30-21/h10-13,17,22-23H,14-16,18-19H2,1-9H3,(H,31,33)/t22-,23?/m0/s1. The predicted molar refractivity (Wildman–Crippen MR) is 151 cm³/mol. The zero-order valence-corrected chi connectivity index (χ0v) is 25.4. The summed E-state index contributed by atoms with van der Waals surface area (Å²) in [6, 6.07) is 7.09. The SMILES string of the molecule is COC(=O)C(CCOC[C@H](CCc1ccc2cccnc2n1)O[Si](C)(C)C(C)(C)C)NC(=O)OC(C)(C)C. The second-order valence-electron chi connectivity index (χ2n) is 12.0. The number of rotatable bonds is 12. The van der Waals surface area contributed by atoms with Crippen molar-refractivity contribution < 1.29 is 28.2 Å². The van der Waals surface area contributed by atoms with E-state index in [-0.39, 0.29) is 24.2 Å². The first kappa shape index (κ1) is 31.7. The summed E-state index contributed by atoms with van der Waals surface area (Å²) in [6.45, 7) is 16.9.